The van der Waals surface area contributed by atoms with Crippen molar-refractivity contribution in [2.45, 2.75) is 23.6 Å². The highest BCUT2D eigenvalue weighted by Gasteiger charge is 2.23. The molecule has 0 aromatic heterocycles. The molecule has 2 atom stereocenters. The minimum absolute atomic E-state index is 0.0128. The molecular formula is C16H14Cl2. The lowest BCUT2D eigenvalue weighted by Crippen LogP contribution is -2.22. The molecule has 0 nitrogen and oxygen atoms in total. The van der Waals surface area contributed by atoms with E-state index in [0.717, 1.165) is 12.8 Å². The van der Waals surface area contributed by atoms with E-state index in [9.17, 15) is 0 Å². The van der Waals surface area contributed by atoms with Gasteiger partial charge in [0.1, 0.15) is 0 Å². The predicted octanol–water partition coefficient (Wildman–Crippen LogP) is 4.67. The molecule has 0 unspecified atom stereocenters. The van der Waals surface area contributed by atoms with Gasteiger partial charge >= 0.3 is 0 Å². The maximum atomic E-state index is 6.41. The summed E-state index contributed by atoms with van der Waals surface area (Å²) in [5.74, 6) is 0. The highest BCUT2D eigenvalue weighted by Crippen LogP contribution is 2.34. The zero-order valence-electron chi connectivity index (χ0n) is 9.94. The van der Waals surface area contributed by atoms with Crippen molar-refractivity contribution in [2.24, 2.45) is 0 Å². The standard InChI is InChI=1S/C16H14Cl2/c17-15-9-11-5-1-3-7-13(11)14-8-4-2-6-12(14)10-16(15)18/h1-8,15-16H,9-10H2/t15-,16+. The number of alkyl halides is 2. The summed E-state index contributed by atoms with van der Waals surface area (Å²) in [5.41, 5.74) is 5.16. The fourth-order valence-corrected chi connectivity index (χ4v) is 3.11. The SMILES string of the molecule is Cl[C@@H]1Cc2ccccc2-c2ccccc2C[C@@H]1Cl. The average Bonchev–Trinajstić information content (AvgIpc) is 2.39. The van der Waals surface area contributed by atoms with E-state index in [-0.39, 0.29) is 10.8 Å². The van der Waals surface area contributed by atoms with Crippen LogP contribution in [-0.4, -0.2) is 10.8 Å². The van der Waals surface area contributed by atoms with Gasteiger partial charge in [-0.1, -0.05) is 48.5 Å². The van der Waals surface area contributed by atoms with Gasteiger partial charge in [0.2, 0.25) is 0 Å². The van der Waals surface area contributed by atoms with Gasteiger partial charge in [0.05, 0.1) is 10.8 Å². The third kappa shape index (κ3) is 2.15. The highest BCUT2D eigenvalue weighted by atomic mass is 35.5. The van der Waals surface area contributed by atoms with Gasteiger partial charge in [0.15, 0.2) is 0 Å². The maximum Gasteiger partial charge on any atom is 0.0543 e. The lowest BCUT2D eigenvalue weighted by Gasteiger charge is -2.23. The van der Waals surface area contributed by atoms with Gasteiger partial charge in [-0.05, 0) is 35.1 Å². The molecule has 0 fully saturated rings. The van der Waals surface area contributed by atoms with Crippen LogP contribution in [0.2, 0.25) is 0 Å². The van der Waals surface area contributed by atoms with Crippen molar-refractivity contribution in [2.75, 3.05) is 0 Å². The van der Waals surface area contributed by atoms with Crippen molar-refractivity contribution in [1.29, 1.82) is 0 Å². The van der Waals surface area contributed by atoms with Gasteiger partial charge in [-0.25, -0.2) is 0 Å². The zero-order valence-corrected chi connectivity index (χ0v) is 11.5. The molecular weight excluding hydrogens is 263 g/mol. The molecule has 0 radical (unpaired) electrons. The fourth-order valence-electron chi connectivity index (χ4n) is 2.60. The molecule has 0 bridgehead atoms. The second kappa shape index (κ2) is 4.95. The molecule has 0 saturated heterocycles. The van der Waals surface area contributed by atoms with E-state index in [1.165, 1.54) is 22.3 Å². The molecule has 1 aliphatic carbocycles. The van der Waals surface area contributed by atoms with Crippen LogP contribution in [0.4, 0.5) is 0 Å². The number of rotatable bonds is 0. The first-order valence-electron chi connectivity index (χ1n) is 6.20. The Kier molecular flexibility index (Phi) is 3.32. The molecule has 0 aliphatic heterocycles. The van der Waals surface area contributed by atoms with Crippen molar-refractivity contribution >= 4 is 23.2 Å². The third-order valence-corrected chi connectivity index (χ3v) is 4.59. The first-order chi connectivity index (χ1) is 8.75. The molecule has 0 amide bonds. The van der Waals surface area contributed by atoms with Gasteiger partial charge < -0.3 is 0 Å². The average molecular weight is 277 g/mol. The molecule has 3 rings (SSSR count). The molecule has 92 valence electrons. The summed E-state index contributed by atoms with van der Waals surface area (Å²) in [5, 5.41) is -0.0256. The summed E-state index contributed by atoms with van der Waals surface area (Å²) in [7, 11) is 0. The van der Waals surface area contributed by atoms with Crippen molar-refractivity contribution < 1.29 is 0 Å². The lowest BCUT2D eigenvalue weighted by atomic mass is 9.87. The van der Waals surface area contributed by atoms with Crippen molar-refractivity contribution in [1.82, 2.24) is 0 Å². The lowest BCUT2D eigenvalue weighted by molar-refractivity contribution is 0.747. The van der Waals surface area contributed by atoms with Crippen LogP contribution in [0.25, 0.3) is 11.1 Å². The quantitative estimate of drug-likeness (QED) is 0.614. The molecule has 0 heterocycles. The van der Waals surface area contributed by atoms with Gasteiger partial charge in [-0.2, -0.15) is 0 Å². The summed E-state index contributed by atoms with van der Waals surface area (Å²) in [6.45, 7) is 0. The summed E-state index contributed by atoms with van der Waals surface area (Å²) in [6.07, 6.45) is 1.67. The van der Waals surface area contributed by atoms with Crippen LogP contribution in [-0.2, 0) is 12.8 Å². The van der Waals surface area contributed by atoms with Crippen molar-refractivity contribution in [3.8, 4) is 11.1 Å². The largest absolute Gasteiger partial charge is 0.121 e. The third-order valence-electron chi connectivity index (χ3n) is 3.55. The normalized spacial score (nSPS) is 22.6. The van der Waals surface area contributed by atoms with Crippen LogP contribution in [0.3, 0.4) is 0 Å². The predicted molar refractivity (Wildman–Crippen MR) is 78.6 cm³/mol. The van der Waals surface area contributed by atoms with E-state index in [4.69, 9.17) is 23.2 Å². The molecule has 0 spiro atoms. The molecule has 2 heteroatoms. The Morgan fingerprint density at radius 1 is 0.667 bits per heavy atom. The van der Waals surface area contributed by atoms with Gasteiger partial charge in [0.25, 0.3) is 0 Å². The Morgan fingerprint density at radius 2 is 1.06 bits per heavy atom. The summed E-state index contributed by atoms with van der Waals surface area (Å²) < 4.78 is 0. The molecule has 2 aromatic carbocycles. The number of hydrogen-bond acceptors (Lipinski definition) is 0. The van der Waals surface area contributed by atoms with Gasteiger partial charge in [0, 0.05) is 0 Å². The van der Waals surface area contributed by atoms with E-state index < -0.39 is 0 Å². The summed E-state index contributed by atoms with van der Waals surface area (Å²) >= 11 is 12.8. The smallest absolute Gasteiger partial charge is 0.0543 e. The Balaban J connectivity index is 2.21. The second-order valence-corrected chi connectivity index (χ2v) is 5.88. The first kappa shape index (κ1) is 12.1. The van der Waals surface area contributed by atoms with Crippen LogP contribution in [0, 0.1) is 0 Å². The Bertz CT molecular complexity index is 511. The Labute approximate surface area is 118 Å². The van der Waals surface area contributed by atoms with Crippen LogP contribution in [0.15, 0.2) is 48.5 Å². The van der Waals surface area contributed by atoms with Gasteiger partial charge in [-0.15, -0.1) is 23.2 Å². The molecule has 1 aliphatic rings. The Hall–Kier alpha value is -0.980. The first-order valence-corrected chi connectivity index (χ1v) is 7.07. The number of hydrogen-bond donors (Lipinski definition) is 0. The summed E-state index contributed by atoms with van der Waals surface area (Å²) in [4.78, 5) is 0. The monoisotopic (exact) mass is 276 g/mol. The molecule has 0 N–H and O–H groups in total. The molecule has 18 heavy (non-hydrogen) atoms. The number of fused-ring (bicyclic) bond motifs is 3. The minimum atomic E-state index is -0.0128. The van der Waals surface area contributed by atoms with Gasteiger partial charge in [-0.3, -0.25) is 0 Å². The van der Waals surface area contributed by atoms with E-state index in [2.05, 4.69) is 48.5 Å². The number of benzene rings is 2. The van der Waals surface area contributed by atoms with E-state index in [0.29, 0.717) is 0 Å². The summed E-state index contributed by atoms with van der Waals surface area (Å²) in [6, 6.07) is 16.9. The second-order valence-electron chi connectivity index (χ2n) is 4.75. The zero-order chi connectivity index (χ0) is 12.5. The Morgan fingerprint density at radius 3 is 1.50 bits per heavy atom. The van der Waals surface area contributed by atoms with E-state index in [1.807, 2.05) is 0 Å². The molecule has 2 aromatic rings. The van der Waals surface area contributed by atoms with Crippen molar-refractivity contribution in [3.05, 3.63) is 59.7 Å². The number of halogens is 2. The minimum Gasteiger partial charge on any atom is -0.121 e. The van der Waals surface area contributed by atoms with E-state index in [1.54, 1.807) is 0 Å². The van der Waals surface area contributed by atoms with Crippen LogP contribution in [0.1, 0.15) is 11.1 Å². The highest BCUT2D eigenvalue weighted by molar-refractivity contribution is 6.30. The topological polar surface area (TPSA) is 0 Å². The maximum absolute atomic E-state index is 6.41. The van der Waals surface area contributed by atoms with E-state index >= 15 is 0 Å². The van der Waals surface area contributed by atoms with Crippen LogP contribution < -0.4 is 0 Å². The van der Waals surface area contributed by atoms with Crippen molar-refractivity contribution in [3.63, 3.8) is 0 Å². The fraction of sp³-hybridized carbons (Fsp3) is 0.250. The van der Waals surface area contributed by atoms with Crippen LogP contribution >= 0.6 is 23.2 Å². The molecule has 0 saturated carbocycles. The van der Waals surface area contributed by atoms with Crippen LogP contribution in [0.5, 0.6) is 0 Å².